The second kappa shape index (κ2) is 13.1. The highest BCUT2D eigenvalue weighted by Gasteiger charge is 2.39. The van der Waals surface area contributed by atoms with Gasteiger partial charge in [-0.2, -0.15) is 0 Å². The average molecular weight is 570 g/mol. The Hall–Kier alpha value is -4.07. The second-order valence-corrected chi connectivity index (χ2v) is 14.4. The Morgan fingerprint density at radius 1 is 0.780 bits per heavy atom. The Kier molecular flexibility index (Phi) is 9.52. The Balaban J connectivity index is 1.83. The molecule has 0 fully saturated rings. The van der Waals surface area contributed by atoms with Crippen molar-refractivity contribution in [1.82, 2.24) is 0 Å². The fraction of sp³-hybridized carbons (Fsp3) is 0.265. The minimum atomic E-state index is -2.83. The molecule has 0 N–H and O–H groups in total. The van der Waals surface area contributed by atoms with Crippen molar-refractivity contribution in [2.45, 2.75) is 39.0 Å². The Morgan fingerprint density at radius 3 is 1.95 bits per heavy atom. The van der Waals surface area contributed by atoms with E-state index in [1.807, 2.05) is 112 Å². The van der Waals surface area contributed by atoms with Crippen LogP contribution in [0, 0.1) is 0 Å². The Labute approximate surface area is 244 Å². The first-order chi connectivity index (χ1) is 19.7. The Morgan fingerprint density at radius 2 is 1.37 bits per heavy atom. The molecule has 0 aliphatic rings. The molecule has 0 saturated carbocycles. The molecule has 0 aliphatic heterocycles. The molecule has 4 aromatic rings. The van der Waals surface area contributed by atoms with Gasteiger partial charge in [-0.15, -0.1) is 0 Å². The van der Waals surface area contributed by atoms with Crippen molar-refractivity contribution in [1.29, 1.82) is 0 Å². The maximum Gasteiger partial charge on any atom is 0.415 e. The largest absolute Gasteiger partial charge is 0.497 e. The first-order valence-electron chi connectivity index (χ1n) is 13.7. The van der Waals surface area contributed by atoms with E-state index in [9.17, 15) is 4.79 Å². The van der Waals surface area contributed by atoms with E-state index < -0.39 is 26.1 Å². The van der Waals surface area contributed by atoms with E-state index in [1.54, 1.807) is 19.1 Å². The zero-order valence-corrected chi connectivity index (χ0v) is 25.7. The lowest BCUT2D eigenvalue weighted by Crippen LogP contribution is -2.59. The van der Waals surface area contributed by atoms with Crippen LogP contribution in [0.5, 0.6) is 11.5 Å². The summed E-state index contributed by atoms with van der Waals surface area (Å²) >= 11 is 0. The SMILES string of the molecule is COc1ccc(N(C(=O)OC(C)(C)C)[C@H](CO[Si@@](C)(c2ccccc2)c2ccccc2OC)c2ccccc2)cc1. The number of carbonyl (C=O) groups excluding carboxylic acids is 1. The monoisotopic (exact) mass is 569 g/mol. The van der Waals surface area contributed by atoms with Crippen molar-refractivity contribution >= 4 is 30.5 Å². The summed E-state index contributed by atoms with van der Waals surface area (Å²) in [6, 6.07) is 35.1. The molecule has 0 aromatic heterocycles. The van der Waals surface area contributed by atoms with Crippen LogP contribution in [0.1, 0.15) is 32.4 Å². The van der Waals surface area contributed by atoms with Gasteiger partial charge in [-0.1, -0.05) is 78.9 Å². The minimum Gasteiger partial charge on any atom is -0.497 e. The van der Waals surface area contributed by atoms with Crippen molar-refractivity contribution < 1.29 is 23.4 Å². The van der Waals surface area contributed by atoms with E-state index in [0.717, 1.165) is 21.7 Å². The number of carbonyl (C=O) groups is 1. The number of amides is 1. The van der Waals surface area contributed by atoms with E-state index in [0.29, 0.717) is 11.4 Å². The number of para-hydroxylation sites is 1. The summed E-state index contributed by atoms with van der Waals surface area (Å²) in [5.41, 5.74) is 0.922. The van der Waals surface area contributed by atoms with Gasteiger partial charge in [0.2, 0.25) is 0 Å². The van der Waals surface area contributed by atoms with Crippen LogP contribution in [0.3, 0.4) is 0 Å². The lowest BCUT2D eigenvalue weighted by atomic mass is 10.1. The fourth-order valence-corrected chi connectivity index (χ4v) is 7.84. The molecular weight excluding hydrogens is 530 g/mol. The third-order valence-electron chi connectivity index (χ3n) is 6.91. The standard InChI is InChI=1S/C34H39NO5Si/c1-34(2,3)40-33(36)35(27-21-23-28(37-4)24-22-27)30(26-15-9-7-10-16-26)25-39-41(6,29-17-11-8-12-18-29)32-20-14-13-19-31(32)38-5/h7-24,30H,25H2,1-6H3/t30-,41+/m1/s1. The molecule has 0 saturated heterocycles. The third-order valence-corrected chi connectivity index (χ3v) is 10.5. The van der Waals surface area contributed by atoms with Crippen molar-refractivity contribution in [2.75, 3.05) is 25.7 Å². The lowest BCUT2D eigenvalue weighted by Gasteiger charge is -2.37. The molecular formula is C34H39NO5Si. The zero-order valence-electron chi connectivity index (χ0n) is 24.7. The molecule has 0 radical (unpaired) electrons. The molecule has 214 valence electrons. The predicted octanol–water partition coefficient (Wildman–Crippen LogP) is 6.59. The highest BCUT2D eigenvalue weighted by molar-refractivity contribution is 6.97. The van der Waals surface area contributed by atoms with E-state index in [1.165, 1.54) is 0 Å². The zero-order chi connectivity index (χ0) is 29.5. The predicted molar refractivity (Wildman–Crippen MR) is 167 cm³/mol. The molecule has 1 amide bonds. The molecule has 4 rings (SSSR count). The van der Waals surface area contributed by atoms with Crippen molar-refractivity contribution in [3.8, 4) is 11.5 Å². The number of hydrogen-bond acceptors (Lipinski definition) is 5. The fourth-order valence-electron chi connectivity index (χ4n) is 4.82. The van der Waals surface area contributed by atoms with Gasteiger partial charge in [-0.3, -0.25) is 4.90 Å². The number of methoxy groups -OCH3 is 2. The topological polar surface area (TPSA) is 57.2 Å². The summed E-state index contributed by atoms with van der Waals surface area (Å²) in [5.74, 6) is 1.48. The number of anilines is 1. The van der Waals surface area contributed by atoms with Crippen LogP contribution in [0.2, 0.25) is 6.55 Å². The van der Waals surface area contributed by atoms with E-state index in [2.05, 4.69) is 24.7 Å². The normalized spacial score (nSPS) is 13.5. The number of hydrogen-bond donors (Lipinski definition) is 0. The maximum absolute atomic E-state index is 13.9. The van der Waals surface area contributed by atoms with E-state index in [4.69, 9.17) is 18.6 Å². The van der Waals surface area contributed by atoms with Crippen molar-refractivity contribution in [2.24, 2.45) is 0 Å². The van der Waals surface area contributed by atoms with Crippen LogP contribution < -0.4 is 24.7 Å². The molecule has 0 heterocycles. The maximum atomic E-state index is 13.9. The van der Waals surface area contributed by atoms with Crippen LogP contribution >= 0.6 is 0 Å². The van der Waals surface area contributed by atoms with Gasteiger partial charge >= 0.3 is 6.09 Å². The van der Waals surface area contributed by atoms with Gasteiger partial charge in [0.05, 0.1) is 26.9 Å². The number of benzene rings is 4. The summed E-state index contributed by atoms with van der Waals surface area (Å²) in [4.78, 5) is 15.6. The highest BCUT2D eigenvalue weighted by atomic mass is 28.4. The van der Waals surface area contributed by atoms with Crippen LogP contribution in [0.4, 0.5) is 10.5 Å². The first kappa shape index (κ1) is 29.9. The third kappa shape index (κ3) is 7.17. The molecule has 6 nitrogen and oxygen atoms in total. The first-order valence-corrected chi connectivity index (χ1v) is 16.1. The van der Waals surface area contributed by atoms with Gasteiger partial charge in [0, 0.05) is 10.9 Å². The van der Waals surface area contributed by atoms with Crippen molar-refractivity contribution in [3.05, 3.63) is 115 Å². The molecule has 4 aromatic carbocycles. The second-order valence-electron chi connectivity index (χ2n) is 10.9. The number of ether oxygens (including phenoxy) is 3. The number of rotatable bonds is 10. The molecule has 0 unspecified atom stereocenters. The van der Waals surface area contributed by atoms with Crippen LogP contribution in [-0.4, -0.2) is 40.8 Å². The van der Waals surface area contributed by atoms with Crippen LogP contribution in [-0.2, 0) is 9.16 Å². The van der Waals surface area contributed by atoms with Gasteiger partial charge in [0.25, 0.3) is 8.32 Å². The molecule has 0 bridgehead atoms. The average Bonchev–Trinajstić information content (AvgIpc) is 2.99. The lowest BCUT2D eigenvalue weighted by molar-refractivity contribution is 0.0553. The van der Waals surface area contributed by atoms with Crippen molar-refractivity contribution in [3.63, 3.8) is 0 Å². The molecule has 0 spiro atoms. The smallest absolute Gasteiger partial charge is 0.415 e. The molecule has 7 heteroatoms. The Bertz CT molecular complexity index is 1410. The summed E-state index contributed by atoms with van der Waals surface area (Å²) in [7, 11) is 0.469. The summed E-state index contributed by atoms with van der Waals surface area (Å²) in [6.45, 7) is 8.00. The van der Waals surface area contributed by atoms with Gasteiger partial charge in [0.1, 0.15) is 17.1 Å². The van der Waals surface area contributed by atoms with Gasteiger partial charge in [0.15, 0.2) is 0 Å². The van der Waals surface area contributed by atoms with Crippen LogP contribution in [0.15, 0.2) is 109 Å². The van der Waals surface area contributed by atoms with Gasteiger partial charge < -0.3 is 18.6 Å². The minimum absolute atomic E-state index is 0.227. The summed E-state index contributed by atoms with van der Waals surface area (Å²) in [5, 5.41) is 2.12. The van der Waals surface area contributed by atoms with E-state index in [-0.39, 0.29) is 6.61 Å². The highest BCUT2D eigenvalue weighted by Crippen LogP contribution is 2.32. The number of nitrogens with zero attached hydrogens (tertiary/aromatic N) is 1. The van der Waals surface area contributed by atoms with Gasteiger partial charge in [-0.25, -0.2) is 4.79 Å². The van der Waals surface area contributed by atoms with Gasteiger partial charge in [-0.05, 0) is 68.4 Å². The summed E-state index contributed by atoms with van der Waals surface area (Å²) < 4.78 is 24.2. The molecule has 41 heavy (non-hydrogen) atoms. The summed E-state index contributed by atoms with van der Waals surface area (Å²) in [6.07, 6.45) is -0.458. The molecule has 2 atom stereocenters. The van der Waals surface area contributed by atoms with Crippen LogP contribution in [0.25, 0.3) is 0 Å². The molecule has 0 aliphatic carbocycles. The van der Waals surface area contributed by atoms with E-state index >= 15 is 0 Å². The quantitative estimate of drug-likeness (QED) is 0.202.